The summed E-state index contributed by atoms with van der Waals surface area (Å²) in [4.78, 5) is 18.8. The second-order valence-corrected chi connectivity index (χ2v) is 8.54. The summed E-state index contributed by atoms with van der Waals surface area (Å²) in [7, 11) is 3.10. The second-order valence-electron chi connectivity index (χ2n) is 8.10. The third-order valence-electron chi connectivity index (χ3n) is 6.19. The number of H-pyrrole nitrogens is 1. The SMILES string of the molecule is COc1ccc(NC(=O)N2CCc3c([nH]c4ccc(Cl)cc34)[C@H]2c2ccc(F)cc2)c(OC)c1. The van der Waals surface area contributed by atoms with Gasteiger partial charge in [0, 0.05) is 34.2 Å². The Bertz CT molecular complexity index is 1370. The van der Waals surface area contributed by atoms with Gasteiger partial charge in [0.2, 0.25) is 0 Å². The zero-order chi connectivity index (χ0) is 23.8. The van der Waals surface area contributed by atoms with Crippen molar-refractivity contribution in [3.63, 3.8) is 0 Å². The van der Waals surface area contributed by atoms with E-state index in [1.165, 1.54) is 19.2 Å². The highest BCUT2D eigenvalue weighted by molar-refractivity contribution is 6.31. The fourth-order valence-electron chi connectivity index (χ4n) is 4.56. The molecule has 1 aliphatic rings. The first-order valence-electron chi connectivity index (χ1n) is 10.8. The Hall–Kier alpha value is -3.71. The first-order valence-corrected chi connectivity index (χ1v) is 11.2. The minimum atomic E-state index is -0.431. The number of aromatic nitrogens is 1. The lowest BCUT2D eigenvalue weighted by molar-refractivity contribution is 0.193. The third kappa shape index (κ3) is 3.92. The molecule has 5 rings (SSSR count). The van der Waals surface area contributed by atoms with Crippen molar-refractivity contribution in [1.82, 2.24) is 9.88 Å². The van der Waals surface area contributed by atoms with Crippen molar-refractivity contribution >= 4 is 34.2 Å². The monoisotopic (exact) mass is 479 g/mol. The molecular weight excluding hydrogens is 457 g/mol. The zero-order valence-electron chi connectivity index (χ0n) is 18.7. The number of anilines is 1. The van der Waals surface area contributed by atoms with Gasteiger partial charge in [0.15, 0.2) is 0 Å². The van der Waals surface area contributed by atoms with Crippen molar-refractivity contribution in [2.24, 2.45) is 0 Å². The quantitative estimate of drug-likeness (QED) is 0.368. The van der Waals surface area contributed by atoms with E-state index in [1.807, 2.05) is 18.2 Å². The molecule has 0 aliphatic carbocycles. The summed E-state index contributed by atoms with van der Waals surface area (Å²) >= 11 is 6.26. The summed E-state index contributed by atoms with van der Waals surface area (Å²) in [6.07, 6.45) is 0.653. The number of amides is 2. The van der Waals surface area contributed by atoms with Gasteiger partial charge in [-0.3, -0.25) is 0 Å². The Morgan fingerprint density at radius 1 is 1.09 bits per heavy atom. The number of hydrogen-bond acceptors (Lipinski definition) is 3. The first-order chi connectivity index (χ1) is 16.5. The van der Waals surface area contributed by atoms with Gasteiger partial charge in [0.25, 0.3) is 0 Å². The number of benzene rings is 3. The first kappa shape index (κ1) is 22.1. The predicted octanol–water partition coefficient (Wildman–Crippen LogP) is 6.16. The zero-order valence-corrected chi connectivity index (χ0v) is 19.4. The number of carbonyl (C=O) groups is 1. The minimum Gasteiger partial charge on any atom is -0.497 e. The van der Waals surface area contributed by atoms with Gasteiger partial charge >= 0.3 is 6.03 Å². The Morgan fingerprint density at radius 2 is 1.88 bits per heavy atom. The van der Waals surface area contributed by atoms with E-state index in [4.69, 9.17) is 21.1 Å². The number of aromatic amines is 1. The van der Waals surface area contributed by atoms with Crippen LogP contribution in [0.25, 0.3) is 10.9 Å². The molecule has 1 atom stereocenters. The molecule has 0 fully saturated rings. The van der Waals surface area contributed by atoms with Crippen molar-refractivity contribution < 1.29 is 18.7 Å². The third-order valence-corrected chi connectivity index (χ3v) is 6.42. The van der Waals surface area contributed by atoms with Crippen molar-refractivity contribution in [3.8, 4) is 11.5 Å². The van der Waals surface area contributed by atoms with Crippen molar-refractivity contribution in [3.05, 3.63) is 88.3 Å². The van der Waals surface area contributed by atoms with Crippen LogP contribution in [-0.2, 0) is 6.42 Å². The number of nitrogens with zero attached hydrogens (tertiary/aromatic N) is 1. The van der Waals surface area contributed by atoms with E-state index in [0.29, 0.717) is 35.2 Å². The molecule has 6 nitrogen and oxygen atoms in total. The van der Waals surface area contributed by atoms with Gasteiger partial charge in [-0.25, -0.2) is 9.18 Å². The smallest absolute Gasteiger partial charge is 0.322 e. The van der Waals surface area contributed by atoms with Crippen LogP contribution in [0.1, 0.15) is 22.9 Å². The lowest BCUT2D eigenvalue weighted by Crippen LogP contribution is -2.43. The number of fused-ring (bicyclic) bond motifs is 3. The molecule has 8 heteroatoms. The van der Waals surface area contributed by atoms with Gasteiger partial charge in [-0.05, 0) is 60.0 Å². The largest absolute Gasteiger partial charge is 0.497 e. The molecule has 4 aromatic rings. The Morgan fingerprint density at radius 3 is 2.62 bits per heavy atom. The average molecular weight is 480 g/mol. The van der Waals surface area contributed by atoms with E-state index >= 15 is 0 Å². The maximum Gasteiger partial charge on any atom is 0.322 e. The molecule has 1 aromatic heterocycles. The molecule has 174 valence electrons. The number of carbonyl (C=O) groups excluding carboxylic acids is 1. The summed E-state index contributed by atoms with van der Waals surface area (Å²) in [5, 5.41) is 4.65. The van der Waals surface area contributed by atoms with Gasteiger partial charge in [-0.1, -0.05) is 23.7 Å². The van der Waals surface area contributed by atoms with E-state index in [1.54, 1.807) is 42.3 Å². The molecular formula is C26H23ClFN3O3. The second kappa shape index (κ2) is 8.91. The molecule has 2 heterocycles. The van der Waals surface area contributed by atoms with Gasteiger partial charge in [-0.2, -0.15) is 0 Å². The van der Waals surface area contributed by atoms with E-state index in [2.05, 4.69) is 10.3 Å². The molecule has 1 aliphatic heterocycles. The fraction of sp³-hybridized carbons (Fsp3) is 0.192. The molecule has 0 saturated carbocycles. The lowest BCUT2D eigenvalue weighted by atomic mass is 9.92. The lowest BCUT2D eigenvalue weighted by Gasteiger charge is -2.36. The fourth-order valence-corrected chi connectivity index (χ4v) is 4.73. The highest BCUT2D eigenvalue weighted by Crippen LogP contribution is 2.40. The van der Waals surface area contributed by atoms with E-state index in [-0.39, 0.29) is 11.8 Å². The number of urea groups is 1. The summed E-state index contributed by atoms with van der Waals surface area (Å²) in [5.41, 5.74) is 4.28. The Labute approximate surface area is 201 Å². The highest BCUT2D eigenvalue weighted by atomic mass is 35.5. The highest BCUT2D eigenvalue weighted by Gasteiger charge is 2.35. The van der Waals surface area contributed by atoms with Crippen molar-refractivity contribution in [2.75, 3.05) is 26.1 Å². The standard InChI is InChI=1S/C26H23ClFN3O3/c1-33-18-8-10-22(23(14-18)34-2)30-26(32)31-12-11-19-20-13-16(27)5-9-21(20)29-24(19)25(31)15-3-6-17(28)7-4-15/h3-10,13-14,25,29H,11-12H2,1-2H3,(H,30,32)/t25-/m1/s1. The number of hydrogen-bond donors (Lipinski definition) is 2. The van der Waals surface area contributed by atoms with E-state index in [9.17, 15) is 9.18 Å². The van der Waals surface area contributed by atoms with Gasteiger partial charge in [-0.15, -0.1) is 0 Å². The van der Waals surface area contributed by atoms with Crippen LogP contribution in [0.15, 0.2) is 60.7 Å². The van der Waals surface area contributed by atoms with Crippen LogP contribution in [0.4, 0.5) is 14.9 Å². The molecule has 2 amide bonds. The van der Waals surface area contributed by atoms with Gasteiger partial charge < -0.3 is 24.7 Å². The number of ether oxygens (including phenoxy) is 2. The van der Waals surface area contributed by atoms with Crippen LogP contribution in [0.3, 0.4) is 0 Å². The number of nitrogens with one attached hydrogen (secondary N) is 2. The molecule has 3 aromatic carbocycles. The Kier molecular flexibility index (Phi) is 5.79. The summed E-state index contributed by atoms with van der Waals surface area (Å²) in [6, 6.07) is 16.4. The minimum absolute atomic E-state index is 0.292. The maximum atomic E-state index is 13.7. The molecule has 0 spiro atoms. The van der Waals surface area contributed by atoms with Crippen molar-refractivity contribution in [2.45, 2.75) is 12.5 Å². The van der Waals surface area contributed by atoms with Crippen LogP contribution in [0.2, 0.25) is 5.02 Å². The van der Waals surface area contributed by atoms with Crippen LogP contribution >= 0.6 is 11.6 Å². The topological polar surface area (TPSA) is 66.6 Å². The molecule has 2 N–H and O–H groups in total. The summed E-state index contributed by atoms with van der Waals surface area (Å²) in [5.74, 6) is 0.782. The van der Waals surface area contributed by atoms with Crippen LogP contribution in [0, 0.1) is 5.82 Å². The van der Waals surface area contributed by atoms with Gasteiger partial charge in [0.1, 0.15) is 17.3 Å². The van der Waals surface area contributed by atoms with Crippen LogP contribution in [-0.4, -0.2) is 36.7 Å². The number of methoxy groups -OCH3 is 2. The molecule has 0 unspecified atom stereocenters. The number of halogens is 2. The van der Waals surface area contributed by atoms with Gasteiger partial charge in [0.05, 0.1) is 25.9 Å². The molecule has 0 radical (unpaired) electrons. The van der Waals surface area contributed by atoms with Crippen molar-refractivity contribution in [1.29, 1.82) is 0 Å². The van der Waals surface area contributed by atoms with E-state index < -0.39 is 6.04 Å². The Balaban J connectivity index is 1.56. The maximum absolute atomic E-state index is 13.7. The summed E-state index contributed by atoms with van der Waals surface area (Å²) in [6.45, 7) is 0.471. The molecule has 34 heavy (non-hydrogen) atoms. The van der Waals surface area contributed by atoms with Crippen LogP contribution in [0.5, 0.6) is 11.5 Å². The predicted molar refractivity (Wildman–Crippen MR) is 131 cm³/mol. The van der Waals surface area contributed by atoms with E-state index in [0.717, 1.165) is 27.7 Å². The summed E-state index contributed by atoms with van der Waals surface area (Å²) < 4.78 is 24.4. The number of rotatable bonds is 4. The normalized spacial score (nSPS) is 15.2. The molecule has 0 bridgehead atoms. The van der Waals surface area contributed by atoms with Crippen LogP contribution < -0.4 is 14.8 Å². The molecule has 0 saturated heterocycles. The average Bonchev–Trinajstić information content (AvgIpc) is 3.22.